The number of hydrogen-bond donors (Lipinski definition) is 0. The van der Waals surface area contributed by atoms with Gasteiger partial charge in [0.15, 0.2) is 15.0 Å². The number of amidine groups is 1. The largest absolute Gasteiger partial charge is 0.342 e. The molecule has 0 aliphatic carbocycles. The number of fused-ring (bicyclic) bond motifs is 1. The summed E-state index contributed by atoms with van der Waals surface area (Å²) in [4.78, 5) is 6.57. The van der Waals surface area contributed by atoms with Gasteiger partial charge in [-0.15, -0.1) is 6.58 Å². The molecule has 7 heteroatoms. The van der Waals surface area contributed by atoms with Gasteiger partial charge in [-0.25, -0.2) is 12.8 Å². The van der Waals surface area contributed by atoms with E-state index in [1.54, 1.807) is 12.1 Å². The quantitative estimate of drug-likeness (QED) is 0.788. The minimum Gasteiger partial charge on any atom is -0.342 e. The maximum atomic E-state index is 13.2. The summed E-state index contributed by atoms with van der Waals surface area (Å²) in [5.74, 6) is 0.627. The Bertz CT molecular complexity index is 718. The minimum atomic E-state index is -2.99. The number of rotatable bonds is 4. The summed E-state index contributed by atoms with van der Waals surface area (Å²) >= 11 is 1.52. The maximum Gasteiger partial charge on any atom is 0.160 e. The van der Waals surface area contributed by atoms with Crippen molar-refractivity contribution in [2.75, 3.05) is 18.1 Å². The lowest BCUT2D eigenvalue weighted by molar-refractivity contribution is 0.379. The molecule has 2 aliphatic rings. The first-order valence-corrected chi connectivity index (χ1v) is 9.82. The van der Waals surface area contributed by atoms with Crippen molar-refractivity contribution >= 4 is 26.8 Å². The van der Waals surface area contributed by atoms with Crippen LogP contribution in [0.3, 0.4) is 0 Å². The number of nitrogens with zero attached hydrogens (tertiary/aromatic N) is 2. The van der Waals surface area contributed by atoms with Gasteiger partial charge in [-0.1, -0.05) is 30.0 Å². The van der Waals surface area contributed by atoms with Crippen LogP contribution in [-0.4, -0.2) is 48.6 Å². The van der Waals surface area contributed by atoms with Gasteiger partial charge in [-0.3, -0.25) is 4.99 Å². The molecule has 22 heavy (non-hydrogen) atoms. The lowest BCUT2D eigenvalue weighted by atomic mass is 10.2. The standard InChI is InChI=1S/C15H17FN2O2S2/c1-2-6-18-14-10-22(19,20)9-13(14)17-15(18)21-8-11-4-3-5-12(16)7-11/h2-5,7,13-14H,1,6,8-10H2. The van der Waals surface area contributed by atoms with E-state index in [4.69, 9.17) is 0 Å². The highest BCUT2D eigenvalue weighted by molar-refractivity contribution is 8.13. The summed E-state index contributed by atoms with van der Waals surface area (Å²) in [6.45, 7) is 4.31. The minimum absolute atomic E-state index is 0.0852. The molecule has 2 heterocycles. The predicted molar refractivity (Wildman–Crippen MR) is 88.3 cm³/mol. The molecule has 1 aromatic carbocycles. The molecule has 0 N–H and O–H groups in total. The van der Waals surface area contributed by atoms with E-state index in [-0.39, 0.29) is 29.4 Å². The van der Waals surface area contributed by atoms with Crippen molar-refractivity contribution in [1.82, 2.24) is 4.90 Å². The fourth-order valence-electron chi connectivity index (χ4n) is 2.84. The number of sulfone groups is 1. The molecule has 0 bridgehead atoms. The average Bonchev–Trinajstić information content (AvgIpc) is 2.90. The Morgan fingerprint density at radius 2 is 2.27 bits per heavy atom. The number of aliphatic imine (C=N–C) groups is 1. The first-order chi connectivity index (χ1) is 10.5. The Morgan fingerprint density at radius 1 is 1.45 bits per heavy atom. The third-order valence-electron chi connectivity index (χ3n) is 3.80. The molecule has 0 saturated carbocycles. The second-order valence-corrected chi connectivity index (χ2v) is 8.58. The van der Waals surface area contributed by atoms with Crippen molar-refractivity contribution in [2.24, 2.45) is 4.99 Å². The summed E-state index contributed by atoms with van der Waals surface area (Å²) in [7, 11) is -2.99. The fraction of sp³-hybridized carbons (Fsp3) is 0.400. The van der Waals surface area contributed by atoms with Crippen LogP contribution in [0.1, 0.15) is 5.56 Å². The van der Waals surface area contributed by atoms with Gasteiger partial charge in [0.1, 0.15) is 5.82 Å². The number of halogens is 1. The molecule has 1 aromatic rings. The van der Waals surface area contributed by atoms with Gasteiger partial charge in [0.2, 0.25) is 0 Å². The first-order valence-electron chi connectivity index (χ1n) is 7.01. The van der Waals surface area contributed by atoms with Crippen molar-refractivity contribution in [2.45, 2.75) is 17.8 Å². The van der Waals surface area contributed by atoms with Gasteiger partial charge >= 0.3 is 0 Å². The van der Waals surface area contributed by atoms with Crippen molar-refractivity contribution in [3.63, 3.8) is 0 Å². The Hall–Kier alpha value is -1.34. The van der Waals surface area contributed by atoms with Gasteiger partial charge in [-0.05, 0) is 17.7 Å². The van der Waals surface area contributed by atoms with Gasteiger partial charge < -0.3 is 4.90 Å². The van der Waals surface area contributed by atoms with E-state index in [2.05, 4.69) is 11.6 Å². The van der Waals surface area contributed by atoms with Crippen LogP contribution in [0.4, 0.5) is 4.39 Å². The smallest absolute Gasteiger partial charge is 0.160 e. The SMILES string of the molecule is C=CCN1C(SCc2cccc(F)c2)=NC2CS(=O)(=O)CC21. The van der Waals surface area contributed by atoms with Crippen molar-refractivity contribution in [1.29, 1.82) is 0 Å². The third-order valence-corrected chi connectivity index (χ3v) is 6.57. The molecule has 3 rings (SSSR count). The van der Waals surface area contributed by atoms with Crippen LogP contribution in [0.5, 0.6) is 0 Å². The van der Waals surface area contributed by atoms with Crippen molar-refractivity contribution < 1.29 is 12.8 Å². The van der Waals surface area contributed by atoms with Crippen LogP contribution in [0.2, 0.25) is 0 Å². The molecular weight excluding hydrogens is 323 g/mol. The molecule has 1 fully saturated rings. The molecule has 118 valence electrons. The highest BCUT2D eigenvalue weighted by atomic mass is 32.2. The van der Waals surface area contributed by atoms with E-state index in [0.29, 0.717) is 12.3 Å². The molecule has 0 spiro atoms. The Kier molecular flexibility index (Phi) is 4.27. The highest BCUT2D eigenvalue weighted by Crippen LogP contribution is 2.32. The molecule has 0 aromatic heterocycles. The predicted octanol–water partition coefficient (Wildman–Crippen LogP) is 2.08. The van der Waals surface area contributed by atoms with Gasteiger partial charge in [0.05, 0.1) is 23.6 Å². The fourth-order valence-corrected chi connectivity index (χ4v) is 5.77. The maximum absolute atomic E-state index is 13.2. The lowest BCUT2D eigenvalue weighted by Crippen LogP contribution is -2.39. The van der Waals surface area contributed by atoms with Crippen LogP contribution in [-0.2, 0) is 15.6 Å². The molecular formula is C15H17FN2O2S2. The van der Waals surface area contributed by atoms with Gasteiger partial charge in [-0.2, -0.15) is 0 Å². The summed E-state index contributed by atoms with van der Waals surface area (Å²) in [6.07, 6.45) is 1.76. The number of thioether (sulfide) groups is 1. The molecule has 2 unspecified atom stereocenters. The molecule has 2 aliphatic heterocycles. The zero-order chi connectivity index (χ0) is 15.7. The molecule has 2 atom stereocenters. The zero-order valence-electron chi connectivity index (χ0n) is 12.0. The van der Waals surface area contributed by atoms with Crippen LogP contribution in [0, 0.1) is 5.82 Å². The second kappa shape index (κ2) is 6.04. The normalized spacial score (nSPS) is 25.9. The Labute approximate surface area is 134 Å². The van der Waals surface area contributed by atoms with Crippen LogP contribution in [0.25, 0.3) is 0 Å². The van der Waals surface area contributed by atoms with E-state index >= 15 is 0 Å². The van der Waals surface area contributed by atoms with Gasteiger partial charge in [0.25, 0.3) is 0 Å². The molecule has 0 radical (unpaired) electrons. The second-order valence-electron chi connectivity index (χ2n) is 5.48. The van der Waals surface area contributed by atoms with E-state index < -0.39 is 9.84 Å². The van der Waals surface area contributed by atoms with Crippen molar-refractivity contribution in [3.8, 4) is 0 Å². The average molecular weight is 340 g/mol. The van der Waals surface area contributed by atoms with Gasteiger partial charge in [0, 0.05) is 12.3 Å². The zero-order valence-corrected chi connectivity index (χ0v) is 13.6. The summed E-state index contributed by atoms with van der Waals surface area (Å²) in [5, 5.41) is 0.828. The topological polar surface area (TPSA) is 49.7 Å². The van der Waals surface area contributed by atoms with E-state index in [1.807, 2.05) is 11.0 Å². The Balaban J connectivity index is 1.73. The molecule has 1 saturated heterocycles. The third kappa shape index (κ3) is 3.20. The monoisotopic (exact) mass is 340 g/mol. The van der Waals surface area contributed by atoms with Crippen LogP contribution >= 0.6 is 11.8 Å². The highest BCUT2D eigenvalue weighted by Gasteiger charge is 2.45. The summed E-state index contributed by atoms with van der Waals surface area (Å²) in [5.41, 5.74) is 0.885. The summed E-state index contributed by atoms with van der Waals surface area (Å²) < 4.78 is 36.7. The number of benzene rings is 1. The van der Waals surface area contributed by atoms with E-state index in [1.165, 1.54) is 23.9 Å². The lowest BCUT2D eigenvalue weighted by Gasteiger charge is -2.24. The van der Waals surface area contributed by atoms with Crippen LogP contribution < -0.4 is 0 Å². The van der Waals surface area contributed by atoms with E-state index in [0.717, 1.165) is 10.7 Å². The van der Waals surface area contributed by atoms with Crippen molar-refractivity contribution in [3.05, 3.63) is 48.3 Å². The first kappa shape index (κ1) is 15.6. The number of hydrogen-bond acceptors (Lipinski definition) is 5. The molecule has 4 nitrogen and oxygen atoms in total. The van der Waals surface area contributed by atoms with E-state index in [9.17, 15) is 12.8 Å². The molecule has 0 amide bonds. The van der Waals surface area contributed by atoms with Crippen LogP contribution in [0.15, 0.2) is 41.9 Å². The summed E-state index contributed by atoms with van der Waals surface area (Å²) in [6, 6.07) is 6.21. The Morgan fingerprint density at radius 3 is 3.00 bits per heavy atom.